The molecule has 1 aromatic carbocycles. The van der Waals surface area contributed by atoms with E-state index in [-0.39, 0.29) is 0 Å². The molecule has 0 aliphatic carbocycles. The predicted octanol–water partition coefficient (Wildman–Crippen LogP) is 3.70. The molecule has 6 heteroatoms. The van der Waals surface area contributed by atoms with Crippen molar-refractivity contribution in [3.05, 3.63) is 24.3 Å². The molecule has 0 amide bonds. The minimum Gasteiger partial charge on any atom is -0.310 e. The van der Waals surface area contributed by atoms with E-state index in [2.05, 4.69) is 9.71 Å². The van der Waals surface area contributed by atoms with E-state index in [4.69, 9.17) is 34.8 Å². The third-order valence-electron chi connectivity index (χ3n) is 1.62. The van der Waals surface area contributed by atoms with Crippen molar-refractivity contribution in [1.29, 1.82) is 0 Å². The number of nitrogens with one attached hydrogen (secondary N) is 1. The van der Waals surface area contributed by atoms with Crippen molar-refractivity contribution in [1.82, 2.24) is 4.72 Å². The van der Waals surface area contributed by atoms with E-state index in [1.54, 1.807) is 0 Å². The molecule has 2 nitrogen and oxygen atoms in total. The molecule has 14 heavy (non-hydrogen) atoms. The van der Waals surface area contributed by atoms with Gasteiger partial charge < -0.3 is 4.72 Å². The number of fused-ring (bicyclic) bond motifs is 1. The normalized spacial score (nSPS) is 15.5. The van der Waals surface area contributed by atoms with Crippen molar-refractivity contribution in [3.8, 4) is 0 Å². The molecule has 1 N–H and O–H groups in total. The highest BCUT2D eigenvalue weighted by Gasteiger charge is 2.30. The van der Waals surface area contributed by atoms with Gasteiger partial charge in [0.2, 0.25) is 3.79 Å². The molecule has 1 aliphatic rings. The Kier molecular flexibility index (Phi) is 2.84. The predicted molar refractivity (Wildman–Crippen MR) is 62.8 cm³/mol. The van der Waals surface area contributed by atoms with Gasteiger partial charge in [0.05, 0.1) is 10.6 Å². The van der Waals surface area contributed by atoms with Gasteiger partial charge in [-0.15, -0.1) is 0 Å². The monoisotopic (exact) mass is 266 g/mol. The van der Waals surface area contributed by atoms with Crippen LogP contribution in [0.2, 0.25) is 0 Å². The van der Waals surface area contributed by atoms with Crippen molar-refractivity contribution in [2.24, 2.45) is 4.99 Å². The molecule has 1 aliphatic heterocycles. The molecule has 0 aromatic heterocycles. The summed E-state index contributed by atoms with van der Waals surface area (Å²) in [6.07, 6.45) is 0. The first-order valence-electron chi connectivity index (χ1n) is 3.75. The van der Waals surface area contributed by atoms with Crippen LogP contribution in [0.3, 0.4) is 0 Å². The van der Waals surface area contributed by atoms with E-state index in [9.17, 15) is 0 Å². The number of nitrogens with zero attached hydrogens (tertiary/aromatic N) is 1. The number of rotatable bonds is 0. The molecule has 1 aromatic rings. The van der Waals surface area contributed by atoms with Crippen LogP contribution >= 0.6 is 46.8 Å². The minimum atomic E-state index is -1.50. The molecule has 0 unspecified atom stereocenters. The Bertz CT molecular complexity index is 386. The number of amidine groups is 1. The Balaban J connectivity index is 2.41. The van der Waals surface area contributed by atoms with Crippen molar-refractivity contribution in [2.75, 3.05) is 0 Å². The lowest BCUT2D eigenvalue weighted by Crippen LogP contribution is -2.31. The fraction of sp³-hybridized carbons (Fsp3) is 0.125. The van der Waals surface area contributed by atoms with E-state index in [1.165, 1.54) is 11.9 Å². The Labute approximate surface area is 101 Å². The fourth-order valence-corrected chi connectivity index (χ4v) is 2.21. The zero-order valence-electron chi connectivity index (χ0n) is 6.80. The first-order chi connectivity index (χ1) is 6.57. The average Bonchev–Trinajstić information content (AvgIpc) is 2.16. The lowest BCUT2D eigenvalue weighted by atomic mass is 10.3. The van der Waals surface area contributed by atoms with E-state index >= 15 is 0 Å². The Morgan fingerprint density at radius 1 is 1.21 bits per heavy atom. The largest absolute Gasteiger partial charge is 0.310 e. The quantitative estimate of drug-likeness (QED) is 0.572. The number of hydrogen-bond donors (Lipinski definition) is 1. The second-order valence-corrected chi connectivity index (χ2v) is 5.76. The summed E-state index contributed by atoms with van der Waals surface area (Å²) in [7, 11) is 0. The van der Waals surface area contributed by atoms with Gasteiger partial charge in [0, 0.05) is 0 Å². The summed E-state index contributed by atoms with van der Waals surface area (Å²) in [5, 5.41) is 0. The molecule has 2 rings (SSSR count). The highest BCUT2D eigenvalue weighted by Crippen LogP contribution is 2.36. The number of aliphatic imine (C=N–C) groups is 1. The number of alkyl halides is 3. The van der Waals surface area contributed by atoms with Crippen LogP contribution < -0.4 is 4.72 Å². The molecule has 0 radical (unpaired) electrons. The maximum Gasteiger partial charge on any atom is 0.248 e. The standard InChI is InChI=1S/C8H5Cl3N2S/c9-8(10,11)7-12-5-3-1-2-4-6(5)14-13-7/h1-4H,(H,12,13). The summed E-state index contributed by atoms with van der Waals surface area (Å²) in [6.45, 7) is 0. The van der Waals surface area contributed by atoms with Gasteiger partial charge in [0.1, 0.15) is 0 Å². The summed E-state index contributed by atoms with van der Waals surface area (Å²) in [4.78, 5) is 5.22. The van der Waals surface area contributed by atoms with Gasteiger partial charge in [-0.25, -0.2) is 4.99 Å². The number of benzene rings is 1. The van der Waals surface area contributed by atoms with Crippen molar-refractivity contribution in [3.63, 3.8) is 0 Å². The van der Waals surface area contributed by atoms with Crippen molar-refractivity contribution in [2.45, 2.75) is 8.69 Å². The lowest BCUT2D eigenvalue weighted by molar-refractivity contribution is 1.24. The van der Waals surface area contributed by atoms with Crippen molar-refractivity contribution >= 4 is 58.3 Å². The first-order valence-corrected chi connectivity index (χ1v) is 5.70. The average molecular weight is 268 g/mol. The van der Waals surface area contributed by atoms with E-state index in [0.717, 1.165) is 10.6 Å². The second kappa shape index (κ2) is 3.81. The van der Waals surface area contributed by atoms with Gasteiger partial charge in [0.15, 0.2) is 5.84 Å². The van der Waals surface area contributed by atoms with E-state index in [0.29, 0.717) is 5.84 Å². The molecule has 0 saturated carbocycles. The molecule has 0 fully saturated rings. The molecule has 0 spiro atoms. The molecule has 0 bridgehead atoms. The van der Waals surface area contributed by atoms with Crippen LogP contribution in [0.25, 0.3) is 0 Å². The summed E-state index contributed by atoms with van der Waals surface area (Å²) >= 11 is 18.5. The first kappa shape index (κ1) is 10.4. The van der Waals surface area contributed by atoms with Crippen LogP contribution in [0.1, 0.15) is 0 Å². The SMILES string of the molecule is ClC(Cl)(Cl)C1=Nc2ccccc2SN1. The van der Waals surface area contributed by atoms with Crippen LogP contribution in [0, 0.1) is 0 Å². The zero-order valence-corrected chi connectivity index (χ0v) is 9.88. The highest BCUT2D eigenvalue weighted by atomic mass is 35.6. The molecule has 0 saturated heterocycles. The maximum atomic E-state index is 5.70. The summed E-state index contributed by atoms with van der Waals surface area (Å²) in [5.74, 6) is 0.339. The smallest absolute Gasteiger partial charge is 0.248 e. The summed E-state index contributed by atoms with van der Waals surface area (Å²) < 4.78 is 1.39. The Morgan fingerprint density at radius 3 is 2.64 bits per heavy atom. The Morgan fingerprint density at radius 2 is 1.93 bits per heavy atom. The Hall–Kier alpha value is -0.0900. The molecule has 0 atom stereocenters. The third-order valence-corrected chi connectivity index (χ3v) is 3.02. The number of halogens is 3. The van der Waals surface area contributed by atoms with Gasteiger partial charge in [-0.1, -0.05) is 46.9 Å². The van der Waals surface area contributed by atoms with Gasteiger partial charge >= 0.3 is 0 Å². The lowest BCUT2D eigenvalue weighted by Gasteiger charge is -2.20. The molecule has 74 valence electrons. The van der Waals surface area contributed by atoms with Crippen LogP contribution in [-0.2, 0) is 0 Å². The third kappa shape index (κ3) is 2.11. The number of para-hydroxylation sites is 1. The topological polar surface area (TPSA) is 24.4 Å². The summed E-state index contributed by atoms with van der Waals surface area (Å²) in [5.41, 5.74) is 0.817. The number of hydrogen-bond acceptors (Lipinski definition) is 3. The second-order valence-electron chi connectivity index (χ2n) is 2.63. The highest BCUT2D eigenvalue weighted by molar-refractivity contribution is 7.98. The zero-order chi connectivity index (χ0) is 10.2. The van der Waals surface area contributed by atoms with Crippen LogP contribution in [-0.4, -0.2) is 9.63 Å². The van der Waals surface area contributed by atoms with Gasteiger partial charge in [-0.05, 0) is 24.1 Å². The fourth-order valence-electron chi connectivity index (χ4n) is 1.00. The molecular weight excluding hydrogens is 263 g/mol. The molecule has 1 heterocycles. The van der Waals surface area contributed by atoms with Gasteiger partial charge in [-0.2, -0.15) is 0 Å². The summed E-state index contributed by atoms with van der Waals surface area (Å²) in [6, 6.07) is 7.65. The van der Waals surface area contributed by atoms with E-state index in [1.807, 2.05) is 24.3 Å². The van der Waals surface area contributed by atoms with Crippen LogP contribution in [0.15, 0.2) is 34.2 Å². The van der Waals surface area contributed by atoms with Crippen LogP contribution in [0.5, 0.6) is 0 Å². The molecular formula is C8H5Cl3N2S. The minimum absolute atomic E-state index is 0.339. The van der Waals surface area contributed by atoms with Gasteiger partial charge in [-0.3, -0.25) is 0 Å². The van der Waals surface area contributed by atoms with E-state index < -0.39 is 3.79 Å². The van der Waals surface area contributed by atoms with Gasteiger partial charge in [0.25, 0.3) is 0 Å². The van der Waals surface area contributed by atoms with Crippen molar-refractivity contribution < 1.29 is 0 Å². The maximum absolute atomic E-state index is 5.70. The van der Waals surface area contributed by atoms with Crippen LogP contribution in [0.4, 0.5) is 5.69 Å².